The molecule has 5 heterocycles. The summed E-state index contributed by atoms with van der Waals surface area (Å²) >= 11 is 0. The highest BCUT2D eigenvalue weighted by atomic mass is 19.4. The summed E-state index contributed by atoms with van der Waals surface area (Å²) in [5, 5.41) is 5.62. The number of morpholine rings is 1. The third-order valence-corrected chi connectivity index (χ3v) is 5.07. The third-order valence-electron chi connectivity index (χ3n) is 5.07. The van der Waals surface area contributed by atoms with Gasteiger partial charge in [0.2, 0.25) is 5.78 Å². The largest absolute Gasteiger partial charge is 0.453 e. The number of hydrogen-bond donors (Lipinski definition) is 2. The summed E-state index contributed by atoms with van der Waals surface area (Å²) in [6, 6.07) is 0. The summed E-state index contributed by atoms with van der Waals surface area (Å²) < 4.78 is 46.0. The zero-order chi connectivity index (χ0) is 21.4. The number of aromatic amines is 2. The van der Waals surface area contributed by atoms with E-state index in [-0.39, 0.29) is 11.5 Å². The van der Waals surface area contributed by atoms with Crippen LogP contribution >= 0.6 is 0 Å². The van der Waals surface area contributed by atoms with Crippen molar-refractivity contribution < 1.29 is 17.9 Å². The van der Waals surface area contributed by atoms with Crippen molar-refractivity contribution in [1.29, 1.82) is 0 Å². The van der Waals surface area contributed by atoms with Gasteiger partial charge in [0.15, 0.2) is 5.82 Å². The molecule has 1 aliphatic heterocycles. The Morgan fingerprint density at radius 1 is 1.13 bits per heavy atom. The van der Waals surface area contributed by atoms with E-state index in [2.05, 4.69) is 40.0 Å². The van der Waals surface area contributed by atoms with Gasteiger partial charge in [0.1, 0.15) is 11.4 Å². The fourth-order valence-electron chi connectivity index (χ4n) is 3.52. The molecular weight excluding hydrogens is 415 g/mol. The van der Waals surface area contributed by atoms with Crippen LogP contribution in [0.5, 0.6) is 0 Å². The Kier molecular flexibility index (Phi) is 4.90. The Labute approximate surface area is 173 Å². The lowest BCUT2D eigenvalue weighted by Gasteiger charge is -2.26. The van der Waals surface area contributed by atoms with Gasteiger partial charge in [0.25, 0.3) is 5.82 Å². The van der Waals surface area contributed by atoms with E-state index >= 15 is 0 Å². The first kappa shape index (κ1) is 19.6. The highest BCUT2D eigenvalue weighted by molar-refractivity contribution is 5.76. The number of hydrogen-bond acceptors (Lipinski definition) is 7. The average molecular weight is 433 g/mol. The number of rotatable bonds is 5. The molecule has 13 heteroatoms. The first-order valence-electron chi connectivity index (χ1n) is 9.65. The molecule has 31 heavy (non-hydrogen) atoms. The van der Waals surface area contributed by atoms with E-state index in [1.165, 1.54) is 6.33 Å². The Morgan fingerprint density at radius 3 is 2.68 bits per heavy atom. The van der Waals surface area contributed by atoms with Crippen molar-refractivity contribution in [2.75, 3.05) is 32.8 Å². The number of nitrogens with zero attached hydrogens (tertiary/aromatic N) is 7. The zero-order valence-electron chi connectivity index (χ0n) is 16.2. The molecular formula is C18H18F3N9O. The van der Waals surface area contributed by atoms with Gasteiger partial charge in [-0.3, -0.25) is 14.4 Å². The molecule has 0 aliphatic carbocycles. The van der Waals surface area contributed by atoms with Crippen LogP contribution in [-0.4, -0.2) is 77.3 Å². The van der Waals surface area contributed by atoms with Crippen LogP contribution in [0, 0.1) is 0 Å². The van der Waals surface area contributed by atoms with E-state index in [9.17, 15) is 13.2 Å². The van der Waals surface area contributed by atoms with Gasteiger partial charge in [0, 0.05) is 32.0 Å². The number of H-pyrrole nitrogens is 2. The molecule has 0 unspecified atom stereocenters. The van der Waals surface area contributed by atoms with Crippen LogP contribution in [0.25, 0.3) is 28.7 Å². The van der Waals surface area contributed by atoms with Gasteiger partial charge in [-0.25, -0.2) is 19.9 Å². The second-order valence-corrected chi connectivity index (χ2v) is 7.12. The van der Waals surface area contributed by atoms with E-state index < -0.39 is 12.0 Å². The van der Waals surface area contributed by atoms with Crippen molar-refractivity contribution >= 4 is 5.78 Å². The minimum absolute atomic E-state index is 0.0997. The molecule has 0 atom stereocenters. The van der Waals surface area contributed by atoms with E-state index in [0.29, 0.717) is 17.2 Å². The summed E-state index contributed by atoms with van der Waals surface area (Å²) in [6.07, 6.45) is 2.76. The monoisotopic (exact) mass is 433 g/mol. The molecule has 5 rings (SSSR count). The van der Waals surface area contributed by atoms with Gasteiger partial charge in [-0.05, 0) is 12.0 Å². The molecule has 1 aliphatic rings. The highest BCUT2D eigenvalue weighted by Gasteiger charge is 2.37. The predicted octanol–water partition coefficient (Wildman–Crippen LogP) is 1.80. The summed E-state index contributed by atoms with van der Waals surface area (Å²) in [4.78, 5) is 21.7. The predicted molar refractivity (Wildman–Crippen MR) is 102 cm³/mol. The molecule has 4 aromatic rings. The fourth-order valence-corrected chi connectivity index (χ4v) is 3.52. The lowest BCUT2D eigenvalue weighted by atomic mass is 10.2. The van der Waals surface area contributed by atoms with Crippen LogP contribution in [0.3, 0.4) is 0 Å². The van der Waals surface area contributed by atoms with Crippen molar-refractivity contribution in [2.45, 2.75) is 12.6 Å². The number of fused-ring (bicyclic) bond motifs is 1. The van der Waals surface area contributed by atoms with Crippen molar-refractivity contribution in [3.05, 3.63) is 36.3 Å². The van der Waals surface area contributed by atoms with Gasteiger partial charge < -0.3 is 9.72 Å². The van der Waals surface area contributed by atoms with E-state index in [1.54, 1.807) is 16.8 Å². The van der Waals surface area contributed by atoms with Gasteiger partial charge >= 0.3 is 6.18 Å². The maximum Gasteiger partial charge on any atom is 0.453 e. The number of imidazole rings is 2. The molecule has 2 N–H and O–H groups in total. The fraction of sp³-hybridized carbons (Fsp3) is 0.389. The molecule has 0 radical (unpaired) electrons. The molecule has 4 aromatic heterocycles. The Balaban J connectivity index is 1.53. The van der Waals surface area contributed by atoms with Gasteiger partial charge in [-0.15, -0.1) is 5.10 Å². The molecule has 1 fully saturated rings. The van der Waals surface area contributed by atoms with Crippen molar-refractivity contribution in [3.8, 4) is 22.9 Å². The number of alkyl halides is 3. The first-order chi connectivity index (χ1) is 15.0. The van der Waals surface area contributed by atoms with Crippen LogP contribution in [-0.2, 0) is 17.3 Å². The average Bonchev–Trinajstić information content (AvgIpc) is 3.51. The Hall–Kier alpha value is -3.32. The van der Waals surface area contributed by atoms with Crippen LogP contribution in [0.1, 0.15) is 11.4 Å². The number of ether oxygens (including phenoxy) is 1. The smallest absolute Gasteiger partial charge is 0.379 e. The van der Waals surface area contributed by atoms with Gasteiger partial charge in [-0.1, -0.05) is 0 Å². The molecule has 0 amide bonds. The summed E-state index contributed by atoms with van der Waals surface area (Å²) in [7, 11) is 0. The van der Waals surface area contributed by atoms with E-state index in [0.717, 1.165) is 44.8 Å². The minimum Gasteiger partial charge on any atom is -0.379 e. The number of nitrogens with one attached hydrogen (secondary N) is 2. The molecule has 10 nitrogen and oxygen atoms in total. The molecule has 0 spiro atoms. The minimum atomic E-state index is -4.66. The summed E-state index contributed by atoms with van der Waals surface area (Å²) in [5.41, 5.74) is 2.24. The quantitative estimate of drug-likeness (QED) is 0.493. The summed E-state index contributed by atoms with van der Waals surface area (Å²) in [5.74, 6) is -1.02. The summed E-state index contributed by atoms with van der Waals surface area (Å²) in [6.45, 7) is 4.08. The van der Waals surface area contributed by atoms with Crippen molar-refractivity contribution in [3.63, 3.8) is 0 Å². The SMILES string of the molecule is FC(F)(F)c1n[nH]c(-c2nc3ncc(CCN4CCOCC4)cn3c2-c2cnc[nH]2)n1. The lowest BCUT2D eigenvalue weighted by Crippen LogP contribution is -2.37. The Morgan fingerprint density at radius 2 is 1.97 bits per heavy atom. The number of halogens is 3. The number of aromatic nitrogens is 8. The second-order valence-electron chi connectivity index (χ2n) is 7.12. The molecule has 0 bridgehead atoms. The highest BCUT2D eigenvalue weighted by Crippen LogP contribution is 2.32. The molecule has 1 saturated heterocycles. The van der Waals surface area contributed by atoms with Gasteiger partial charge in [-0.2, -0.15) is 13.2 Å². The Bertz CT molecular complexity index is 1180. The van der Waals surface area contributed by atoms with Crippen LogP contribution in [0.15, 0.2) is 24.9 Å². The topological polar surface area (TPSA) is 113 Å². The van der Waals surface area contributed by atoms with E-state index in [1.807, 2.05) is 6.20 Å². The van der Waals surface area contributed by atoms with Crippen LogP contribution in [0.4, 0.5) is 13.2 Å². The van der Waals surface area contributed by atoms with E-state index in [4.69, 9.17) is 4.74 Å². The third kappa shape index (κ3) is 3.88. The molecule has 0 saturated carbocycles. The molecule has 162 valence electrons. The van der Waals surface area contributed by atoms with Gasteiger partial charge in [0.05, 0.1) is 31.4 Å². The maximum absolute atomic E-state index is 13.0. The normalized spacial score (nSPS) is 15.7. The zero-order valence-corrected chi connectivity index (χ0v) is 16.2. The maximum atomic E-state index is 13.0. The van der Waals surface area contributed by atoms with Crippen LogP contribution in [0.2, 0.25) is 0 Å². The van der Waals surface area contributed by atoms with Crippen molar-refractivity contribution in [2.24, 2.45) is 0 Å². The second kappa shape index (κ2) is 7.74. The molecule has 0 aromatic carbocycles. The first-order valence-corrected chi connectivity index (χ1v) is 9.65. The standard InChI is InChI=1S/C18H18F3N9O/c19-18(20,21)16-26-15(27-28-16)13-14(12-8-22-10-24-12)30-9-11(7-23-17(30)25-13)1-2-29-3-5-31-6-4-29/h7-10H,1-6H2,(H,22,24)(H,26,27,28). The van der Waals surface area contributed by atoms with Crippen molar-refractivity contribution in [1.82, 2.24) is 44.4 Å². The van der Waals surface area contributed by atoms with Crippen LogP contribution < -0.4 is 0 Å². The lowest BCUT2D eigenvalue weighted by molar-refractivity contribution is -0.144.